The Labute approximate surface area is 202 Å². The molecule has 0 bridgehead atoms. The van der Waals surface area contributed by atoms with Crippen LogP contribution in [0.2, 0.25) is 0 Å². The van der Waals surface area contributed by atoms with Crippen molar-refractivity contribution < 1.29 is 32.5 Å². The summed E-state index contributed by atoms with van der Waals surface area (Å²) in [5, 5.41) is 13.2. The predicted octanol–water partition coefficient (Wildman–Crippen LogP) is 2.92. The van der Waals surface area contributed by atoms with Crippen molar-refractivity contribution in [1.82, 2.24) is 15.2 Å². The van der Waals surface area contributed by atoms with Gasteiger partial charge in [-0.05, 0) is 42.2 Å². The van der Waals surface area contributed by atoms with Gasteiger partial charge in [0.25, 0.3) is 0 Å². The van der Waals surface area contributed by atoms with Crippen LogP contribution in [0.5, 0.6) is 0 Å². The number of alkyl halides is 3. The van der Waals surface area contributed by atoms with Gasteiger partial charge in [0.2, 0.25) is 5.91 Å². The molecule has 7 nitrogen and oxygen atoms in total. The highest BCUT2D eigenvalue weighted by molar-refractivity contribution is 5.76. The van der Waals surface area contributed by atoms with Gasteiger partial charge < -0.3 is 19.9 Å². The molecule has 0 saturated carbocycles. The standard InChI is InChI=1S/C25H30F3N3O4/c26-25(27,28)19-3-1-2-18(10-19)13-31-14-20(32)15-34-16-23-22(31)5-4-21(35-23)11-24(33)30-12-17-6-8-29-9-7-17/h1-3,6-10,20-23,32H,4-5,11-16H2,(H,30,33)/t20-,21+,22+,23-/m0/s1. The summed E-state index contributed by atoms with van der Waals surface area (Å²) in [5.74, 6) is -0.117. The van der Waals surface area contributed by atoms with Gasteiger partial charge in [-0.25, -0.2) is 0 Å². The summed E-state index contributed by atoms with van der Waals surface area (Å²) < 4.78 is 51.4. The summed E-state index contributed by atoms with van der Waals surface area (Å²) in [5.41, 5.74) is 0.778. The van der Waals surface area contributed by atoms with Crippen LogP contribution in [0.15, 0.2) is 48.8 Å². The van der Waals surface area contributed by atoms with Gasteiger partial charge >= 0.3 is 6.18 Å². The highest BCUT2D eigenvalue weighted by atomic mass is 19.4. The first-order chi connectivity index (χ1) is 16.8. The molecule has 190 valence electrons. The Morgan fingerprint density at radius 1 is 1.14 bits per heavy atom. The van der Waals surface area contributed by atoms with Gasteiger partial charge in [0.05, 0.1) is 43.5 Å². The number of carbonyl (C=O) groups is 1. The number of β-amino-alcohol motifs (C(OH)–C–C–N with tert-alkyl or cyclic N) is 1. The Hall–Kier alpha value is -2.53. The van der Waals surface area contributed by atoms with Crippen molar-refractivity contribution in [2.24, 2.45) is 0 Å². The molecule has 3 heterocycles. The van der Waals surface area contributed by atoms with Crippen LogP contribution in [0.1, 0.15) is 36.0 Å². The van der Waals surface area contributed by atoms with E-state index in [0.717, 1.165) is 17.7 Å². The quantitative estimate of drug-likeness (QED) is 0.644. The lowest BCUT2D eigenvalue weighted by Crippen LogP contribution is -2.55. The van der Waals surface area contributed by atoms with Crippen molar-refractivity contribution in [3.63, 3.8) is 0 Å². The largest absolute Gasteiger partial charge is 0.416 e. The topological polar surface area (TPSA) is 83.9 Å². The molecule has 2 fully saturated rings. The second kappa shape index (κ2) is 11.5. The molecule has 10 heteroatoms. The summed E-state index contributed by atoms with van der Waals surface area (Å²) in [6, 6.07) is 8.79. The van der Waals surface area contributed by atoms with Crippen molar-refractivity contribution >= 4 is 5.91 Å². The van der Waals surface area contributed by atoms with Gasteiger partial charge in [-0.1, -0.05) is 18.2 Å². The smallest absolute Gasteiger partial charge is 0.389 e. The van der Waals surface area contributed by atoms with Crippen LogP contribution < -0.4 is 5.32 Å². The number of ether oxygens (including phenoxy) is 2. The summed E-state index contributed by atoms with van der Waals surface area (Å²) in [6.45, 7) is 1.28. The average molecular weight is 494 g/mol. The van der Waals surface area contributed by atoms with Crippen LogP contribution in [0, 0.1) is 0 Å². The Kier molecular flexibility index (Phi) is 8.38. The number of carbonyl (C=O) groups excluding carboxylic acids is 1. The minimum Gasteiger partial charge on any atom is -0.389 e. The van der Waals surface area contributed by atoms with E-state index in [0.29, 0.717) is 24.9 Å². The molecule has 2 aromatic rings. The maximum absolute atomic E-state index is 13.2. The fraction of sp³-hybridized carbons (Fsp3) is 0.520. The first-order valence-corrected chi connectivity index (χ1v) is 11.7. The molecule has 4 atom stereocenters. The number of hydrogen-bond donors (Lipinski definition) is 2. The number of nitrogens with zero attached hydrogens (tertiary/aromatic N) is 2. The third-order valence-corrected chi connectivity index (χ3v) is 6.38. The number of amides is 1. The molecule has 0 radical (unpaired) electrons. The first kappa shape index (κ1) is 25.6. The van der Waals surface area contributed by atoms with Gasteiger partial charge in [0.15, 0.2) is 0 Å². The number of aliphatic hydroxyl groups excluding tert-OH is 1. The van der Waals surface area contributed by atoms with E-state index in [1.54, 1.807) is 18.5 Å². The SMILES string of the molecule is O=C(C[C@H]1CC[C@@H]2[C@H](COC[C@@H](O)CN2Cc2cccc(C(F)(F)F)c2)O1)NCc1ccncc1. The summed E-state index contributed by atoms with van der Waals surface area (Å²) >= 11 is 0. The molecule has 0 unspecified atom stereocenters. The third-order valence-electron chi connectivity index (χ3n) is 6.38. The van der Waals surface area contributed by atoms with Crippen LogP contribution in [0.25, 0.3) is 0 Å². The first-order valence-electron chi connectivity index (χ1n) is 11.7. The molecule has 2 N–H and O–H groups in total. The lowest BCUT2D eigenvalue weighted by atomic mass is 9.94. The average Bonchev–Trinajstić information content (AvgIpc) is 2.82. The van der Waals surface area contributed by atoms with Crippen molar-refractivity contribution in [2.45, 2.75) is 62.9 Å². The monoisotopic (exact) mass is 493 g/mol. The predicted molar refractivity (Wildman–Crippen MR) is 121 cm³/mol. The molecule has 1 aromatic carbocycles. The highest BCUT2D eigenvalue weighted by Crippen LogP contribution is 2.32. The number of halogens is 3. The van der Waals surface area contributed by atoms with E-state index >= 15 is 0 Å². The van der Waals surface area contributed by atoms with Crippen molar-refractivity contribution in [3.8, 4) is 0 Å². The van der Waals surface area contributed by atoms with E-state index < -0.39 is 17.8 Å². The highest BCUT2D eigenvalue weighted by Gasteiger charge is 2.38. The molecule has 35 heavy (non-hydrogen) atoms. The van der Waals surface area contributed by atoms with E-state index in [2.05, 4.69) is 10.3 Å². The van der Waals surface area contributed by atoms with Crippen molar-refractivity contribution in [3.05, 3.63) is 65.5 Å². The number of benzene rings is 1. The Morgan fingerprint density at radius 3 is 2.71 bits per heavy atom. The van der Waals surface area contributed by atoms with Crippen molar-refractivity contribution in [1.29, 1.82) is 0 Å². The second-order valence-electron chi connectivity index (χ2n) is 9.10. The van der Waals surface area contributed by atoms with E-state index in [1.807, 2.05) is 17.0 Å². The molecule has 0 spiro atoms. The van der Waals surface area contributed by atoms with Crippen LogP contribution in [-0.2, 0) is 33.5 Å². The van der Waals surface area contributed by atoms with Gasteiger partial charge in [-0.15, -0.1) is 0 Å². The minimum absolute atomic E-state index is 0.114. The lowest BCUT2D eigenvalue weighted by molar-refractivity contribution is -0.158. The number of pyridine rings is 1. The zero-order chi connectivity index (χ0) is 24.8. The molecule has 2 saturated heterocycles. The van der Waals surface area contributed by atoms with Gasteiger partial charge in [0.1, 0.15) is 0 Å². The van der Waals surface area contributed by atoms with E-state index in [9.17, 15) is 23.1 Å². The maximum Gasteiger partial charge on any atom is 0.416 e. The molecular weight excluding hydrogens is 463 g/mol. The van der Waals surface area contributed by atoms with Gasteiger partial charge in [-0.2, -0.15) is 13.2 Å². The van der Waals surface area contributed by atoms with E-state index in [-0.39, 0.29) is 56.9 Å². The van der Waals surface area contributed by atoms with Crippen LogP contribution in [0.3, 0.4) is 0 Å². The van der Waals surface area contributed by atoms with Gasteiger partial charge in [-0.3, -0.25) is 14.7 Å². The zero-order valence-electron chi connectivity index (χ0n) is 19.3. The Balaban J connectivity index is 1.38. The second-order valence-corrected chi connectivity index (χ2v) is 9.10. The van der Waals surface area contributed by atoms with Crippen molar-refractivity contribution in [2.75, 3.05) is 19.8 Å². The molecule has 2 aliphatic heterocycles. The molecule has 4 rings (SSSR count). The number of rotatable bonds is 6. The van der Waals surface area contributed by atoms with Crippen LogP contribution in [-0.4, -0.2) is 65.0 Å². The number of aromatic nitrogens is 1. The Morgan fingerprint density at radius 2 is 1.94 bits per heavy atom. The fourth-order valence-corrected chi connectivity index (χ4v) is 4.69. The van der Waals surface area contributed by atoms with E-state index in [1.165, 1.54) is 6.07 Å². The molecule has 0 aliphatic carbocycles. The minimum atomic E-state index is -4.42. The summed E-state index contributed by atoms with van der Waals surface area (Å²) in [4.78, 5) is 18.4. The fourth-order valence-electron chi connectivity index (χ4n) is 4.69. The lowest BCUT2D eigenvalue weighted by Gasteiger charge is -2.44. The number of nitrogens with one attached hydrogen (secondary N) is 1. The molecule has 1 aromatic heterocycles. The zero-order valence-corrected chi connectivity index (χ0v) is 19.3. The molecule has 2 aliphatic rings. The van der Waals surface area contributed by atoms with Crippen LogP contribution in [0.4, 0.5) is 13.2 Å². The number of aliphatic hydroxyl groups is 1. The molecular formula is C25H30F3N3O4. The molecule has 1 amide bonds. The summed E-state index contributed by atoms with van der Waals surface area (Å²) in [6.07, 6.45) is -0.937. The van der Waals surface area contributed by atoms with Gasteiger partial charge in [0, 0.05) is 38.1 Å². The summed E-state index contributed by atoms with van der Waals surface area (Å²) in [7, 11) is 0. The third kappa shape index (κ3) is 7.23. The normalized spacial score (nSPS) is 25.8. The number of fused-ring (bicyclic) bond motifs is 1. The number of hydrogen-bond acceptors (Lipinski definition) is 6. The maximum atomic E-state index is 13.2. The Bertz CT molecular complexity index is 976. The van der Waals surface area contributed by atoms with E-state index in [4.69, 9.17) is 9.47 Å². The van der Waals surface area contributed by atoms with Crippen LogP contribution >= 0.6 is 0 Å².